The molecule has 120 valence electrons. The molecule has 23 heavy (non-hydrogen) atoms. The van der Waals surface area contributed by atoms with Gasteiger partial charge in [-0.3, -0.25) is 10.1 Å². The number of nitrogens with zero attached hydrogens (tertiary/aromatic N) is 2. The molecule has 1 N–H and O–H groups in total. The average Bonchev–Trinajstić information content (AvgIpc) is 2.54. The smallest absolute Gasteiger partial charge is 0.337 e. The van der Waals surface area contributed by atoms with Crippen LogP contribution < -0.4 is 5.32 Å². The number of esters is 1. The van der Waals surface area contributed by atoms with Gasteiger partial charge in [-0.2, -0.15) is 0 Å². The Kier molecular flexibility index (Phi) is 5.13. The van der Waals surface area contributed by atoms with E-state index in [1.54, 1.807) is 24.3 Å². The molecule has 2 rings (SSSR count). The Balaban J connectivity index is 2.23. The number of carbonyl (C=O) groups excluding carboxylic acids is 1. The molecule has 0 saturated carbocycles. The van der Waals surface area contributed by atoms with Crippen molar-refractivity contribution in [3.8, 4) is 0 Å². The molecule has 0 bridgehead atoms. The maximum absolute atomic E-state index is 11.4. The molecule has 0 amide bonds. The Bertz CT molecular complexity index is 734. The summed E-state index contributed by atoms with van der Waals surface area (Å²) in [6.45, 7) is 1.82. The van der Waals surface area contributed by atoms with E-state index in [1.807, 2.05) is 6.92 Å². The van der Waals surface area contributed by atoms with Crippen LogP contribution in [0.2, 0.25) is 5.02 Å². The summed E-state index contributed by atoms with van der Waals surface area (Å²) in [6, 6.07) is 7.81. The zero-order chi connectivity index (χ0) is 17.0. The van der Waals surface area contributed by atoms with Gasteiger partial charge >= 0.3 is 11.7 Å². The zero-order valence-corrected chi connectivity index (χ0v) is 13.2. The minimum Gasteiger partial charge on any atom is -0.465 e. The van der Waals surface area contributed by atoms with Gasteiger partial charge in [0.1, 0.15) is 5.02 Å². The van der Waals surface area contributed by atoms with Gasteiger partial charge in [-0.25, -0.2) is 9.78 Å². The highest BCUT2D eigenvalue weighted by molar-refractivity contribution is 6.33. The van der Waals surface area contributed by atoms with Crippen LogP contribution in [0.5, 0.6) is 0 Å². The van der Waals surface area contributed by atoms with E-state index < -0.39 is 10.9 Å². The van der Waals surface area contributed by atoms with Crippen molar-refractivity contribution in [3.63, 3.8) is 0 Å². The molecule has 7 nitrogen and oxygen atoms in total. The molecule has 1 atom stereocenters. The van der Waals surface area contributed by atoms with Crippen molar-refractivity contribution < 1.29 is 14.5 Å². The van der Waals surface area contributed by atoms with Crippen LogP contribution in [0.1, 0.15) is 28.9 Å². The number of methoxy groups -OCH3 is 1. The lowest BCUT2D eigenvalue weighted by atomic mass is 10.1. The lowest BCUT2D eigenvalue weighted by molar-refractivity contribution is -0.384. The van der Waals surface area contributed by atoms with Crippen LogP contribution in [0.25, 0.3) is 0 Å². The quantitative estimate of drug-likeness (QED) is 0.509. The summed E-state index contributed by atoms with van der Waals surface area (Å²) in [5.74, 6) is -0.337. The van der Waals surface area contributed by atoms with Gasteiger partial charge in [0.15, 0.2) is 0 Å². The van der Waals surface area contributed by atoms with Gasteiger partial charge in [0, 0.05) is 6.20 Å². The molecular weight excluding hydrogens is 322 g/mol. The molecule has 1 aromatic carbocycles. The normalized spacial score (nSPS) is 11.6. The second-order valence-corrected chi connectivity index (χ2v) is 5.13. The number of ether oxygens (including phenoxy) is 1. The molecule has 0 aliphatic heterocycles. The fourth-order valence-corrected chi connectivity index (χ4v) is 2.24. The lowest BCUT2D eigenvalue weighted by Crippen LogP contribution is -2.10. The molecule has 0 spiro atoms. The highest BCUT2D eigenvalue weighted by Gasteiger charge is 2.21. The number of anilines is 1. The SMILES string of the molecule is COC(=O)c1ccc(C(C)Nc2nccc(Cl)c2[N+](=O)[O-])cc1. The summed E-state index contributed by atoms with van der Waals surface area (Å²) in [6.07, 6.45) is 1.39. The maximum Gasteiger partial charge on any atom is 0.337 e. The molecule has 1 aromatic heterocycles. The van der Waals surface area contributed by atoms with Crippen molar-refractivity contribution in [1.29, 1.82) is 0 Å². The van der Waals surface area contributed by atoms with Crippen molar-refractivity contribution in [1.82, 2.24) is 4.98 Å². The largest absolute Gasteiger partial charge is 0.465 e. The third-order valence-corrected chi connectivity index (χ3v) is 3.55. The number of aromatic nitrogens is 1. The monoisotopic (exact) mass is 335 g/mol. The van der Waals surface area contributed by atoms with Crippen LogP contribution in [-0.4, -0.2) is 23.0 Å². The van der Waals surface area contributed by atoms with Crippen LogP contribution in [0.4, 0.5) is 11.5 Å². The molecule has 0 aliphatic carbocycles. The fourth-order valence-electron chi connectivity index (χ4n) is 2.02. The van der Waals surface area contributed by atoms with E-state index >= 15 is 0 Å². The van der Waals surface area contributed by atoms with Crippen LogP contribution in [0.15, 0.2) is 36.5 Å². The number of nitrogens with one attached hydrogen (secondary N) is 1. The van der Waals surface area contributed by atoms with Gasteiger partial charge in [-0.1, -0.05) is 23.7 Å². The number of pyridine rings is 1. The number of carbonyl (C=O) groups is 1. The Morgan fingerprint density at radius 2 is 2.00 bits per heavy atom. The number of nitro groups is 1. The summed E-state index contributed by atoms with van der Waals surface area (Å²) >= 11 is 5.85. The van der Waals surface area contributed by atoms with Crippen LogP contribution in [-0.2, 0) is 4.74 Å². The van der Waals surface area contributed by atoms with E-state index in [1.165, 1.54) is 19.4 Å². The van der Waals surface area contributed by atoms with Gasteiger partial charge in [0.05, 0.1) is 23.6 Å². The van der Waals surface area contributed by atoms with Crippen molar-refractivity contribution in [2.45, 2.75) is 13.0 Å². The molecule has 0 saturated heterocycles. The summed E-state index contributed by atoms with van der Waals surface area (Å²) < 4.78 is 4.63. The molecule has 8 heteroatoms. The van der Waals surface area contributed by atoms with E-state index in [0.717, 1.165) is 5.56 Å². The summed E-state index contributed by atoms with van der Waals surface area (Å²) in [5.41, 5.74) is 0.983. The van der Waals surface area contributed by atoms with Crippen molar-refractivity contribution in [3.05, 3.63) is 62.8 Å². The van der Waals surface area contributed by atoms with E-state index in [0.29, 0.717) is 5.56 Å². The van der Waals surface area contributed by atoms with E-state index in [4.69, 9.17) is 11.6 Å². The molecule has 1 unspecified atom stereocenters. The molecule has 2 aromatic rings. The first-order valence-electron chi connectivity index (χ1n) is 6.67. The Hall–Kier alpha value is -2.67. The van der Waals surface area contributed by atoms with Crippen molar-refractivity contribution in [2.75, 3.05) is 12.4 Å². The predicted molar refractivity (Wildman–Crippen MR) is 85.7 cm³/mol. The standard InChI is InChI=1S/C15H14ClN3O4/c1-9(10-3-5-11(6-4-10)15(20)23-2)18-14-13(19(21)22)12(16)7-8-17-14/h3-9H,1-2H3,(H,17,18). The number of hydrogen-bond acceptors (Lipinski definition) is 6. The number of hydrogen-bond donors (Lipinski definition) is 1. The van der Waals surface area contributed by atoms with Crippen LogP contribution in [0, 0.1) is 10.1 Å². The molecule has 0 radical (unpaired) electrons. The first-order valence-corrected chi connectivity index (χ1v) is 7.05. The van der Waals surface area contributed by atoms with Gasteiger partial charge in [0.2, 0.25) is 5.82 Å². The molecule has 0 aliphatic rings. The van der Waals surface area contributed by atoms with E-state index in [9.17, 15) is 14.9 Å². The highest BCUT2D eigenvalue weighted by atomic mass is 35.5. The topological polar surface area (TPSA) is 94.4 Å². The van der Waals surface area contributed by atoms with Crippen LogP contribution >= 0.6 is 11.6 Å². The summed E-state index contributed by atoms with van der Waals surface area (Å²) in [7, 11) is 1.31. The number of benzene rings is 1. The summed E-state index contributed by atoms with van der Waals surface area (Å²) in [5, 5.41) is 14.1. The maximum atomic E-state index is 11.4. The second kappa shape index (κ2) is 7.06. The van der Waals surface area contributed by atoms with Gasteiger partial charge in [-0.15, -0.1) is 0 Å². The first-order chi connectivity index (χ1) is 10.9. The van der Waals surface area contributed by atoms with Gasteiger partial charge < -0.3 is 10.1 Å². The lowest BCUT2D eigenvalue weighted by Gasteiger charge is -2.15. The van der Waals surface area contributed by atoms with Gasteiger partial charge in [-0.05, 0) is 30.7 Å². The molecular formula is C15H14ClN3O4. The fraction of sp³-hybridized carbons (Fsp3) is 0.200. The predicted octanol–water partition coefficient (Wildman–Crippen LogP) is 3.60. The van der Waals surface area contributed by atoms with Crippen LogP contribution in [0.3, 0.4) is 0 Å². The van der Waals surface area contributed by atoms with Gasteiger partial charge in [0.25, 0.3) is 0 Å². The Morgan fingerprint density at radius 3 is 2.57 bits per heavy atom. The number of rotatable bonds is 5. The third-order valence-electron chi connectivity index (χ3n) is 3.24. The highest BCUT2D eigenvalue weighted by Crippen LogP contribution is 2.32. The minimum atomic E-state index is -0.579. The zero-order valence-electron chi connectivity index (χ0n) is 12.4. The Morgan fingerprint density at radius 1 is 1.35 bits per heavy atom. The second-order valence-electron chi connectivity index (χ2n) is 4.73. The number of halogens is 1. The molecule has 1 heterocycles. The minimum absolute atomic E-state index is 0.0146. The van der Waals surface area contributed by atoms with E-state index in [-0.39, 0.29) is 22.6 Å². The average molecular weight is 336 g/mol. The Labute approximate surface area is 137 Å². The third kappa shape index (κ3) is 3.75. The van der Waals surface area contributed by atoms with Crippen molar-refractivity contribution >= 4 is 29.1 Å². The first kappa shape index (κ1) is 16.7. The van der Waals surface area contributed by atoms with Crippen molar-refractivity contribution in [2.24, 2.45) is 0 Å². The summed E-state index contributed by atoms with van der Waals surface area (Å²) in [4.78, 5) is 25.9. The van der Waals surface area contributed by atoms with E-state index in [2.05, 4.69) is 15.0 Å². The molecule has 0 fully saturated rings.